The molecule has 2 N–H and O–H groups in total. The van der Waals surface area contributed by atoms with Crippen molar-refractivity contribution in [2.45, 2.75) is 64.5 Å². The van der Waals surface area contributed by atoms with Crippen molar-refractivity contribution in [3.8, 4) is 0 Å². The highest BCUT2D eigenvalue weighted by Gasteiger charge is 2.30. The van der Waals surface area contributed by atoms with Crippen LogP contribution in [0.1, 0.15) is 59.8 Å². The fourth-order valence-corrected chi connectivity index (χ4v) is 2.22. The molecular weight excluding hydrogens is 298 g/mol. The number of aliphatic imine (C=N–C) groups is 1. The maximum Gasteiger partial charge on any atom is 0.191 e. The first-order chi connectivity index (χ1) is 10.1. The molecule has 0 aromatic carbocycles. The van der Waals surface area contributed by atoms with Gasteiger partial charge in [0.2, 0.25) is 0 Å². The molecule has 0 rings (SSSR count). The second-order valence-corrected chi connectivity index (χ2v) is 9.63. The van der Waals surface area contributed by atoms with E-state index in [-0.39, 0.29) is 0 Å². The Morgan fingerprint density at radius 2 is 1.68 bits per heavy atom. The van der Waals surface area contributed by atoms with Crippen molar-refractivity contribution in [1.82, 2.24) is 10.6 Å². The van der Waals surface area contributed by atoms with Crippen LogP contribution in [0.5, 0.6) is 0 Å². The number of hydrogen-bond donors (Lipinski definition) is 2. The fourth-order valence-electron chi connectivity index (χ4n) is 1.89. The van der Waals surface area contributed by atoms with Crippen LogP contribution in [-0.2, 0) is 9.84 Å². The number of nitrogens with one attached hydrogen (secondary N) is 2. The molecule has 0 heterocycles. The van der Waals surface area contributed by atoms with Crippen molar-refractivity contribution in [2.75, 3.05) is 26.4 Å². The highest BCUT2D eigenvalue weighted by molar-refractivity contribution is 7.92. The van der Waals surface area contributed by atoms with Crippen molar-refractivity contribution in [3.05, 3.63) is 0 Å². The van der Waals surface area contributed by atoms with E-state index in [1.165, 1.54) is 31.9 Å². The van der Waals surface area contributed by atoms with Gasteiger partial charge in [-0.25, -0.2) is 8.42 Å². The second kappa shape index (κ2) is 10.1. The maximum atomic E-state index is 11.7. The average molecular weight is 334 g/mol. The predicted molar refractivity (Wildman–Crippen MR) is 96.2 cm³/mol. The summed E-state index contributed by atoms with van der Waals surface area (Å²) in [5.41, 5.74) is 0. The van der Waals surface area contributed by atoms with Gasteiger partial charge in [0.05, 0.1) is 4.75 Å². The summed E-state index contributed by atoms with van der Waals surface area (Å²) in [5.74, 6) is 1.46. The van der Waals surface area contributed by atoms with Gasteiger partial charge in [-0.05, 0) is 26.2 Å². The van der Waals surface area contributed by atoms with Crippen LogP contribution in [0.15, 0.2) is 4.99 Å². The zero-order valence-electron chi connectivity index (χ0n) is 15.2. The molecule has 0 unspecified atom stereocenters. The third-order valence-electron chi connectivity index (χ3n) is 3.91. The minimum Gasteiger partial charge on any atom is -0.356 e. The lowest BCUT2D eigenvalue weighted by Crippen LogP contribution is -2.47. The van der Waals surface area contributed by atoms with Crippen molar-refractivity contribution in [2.24, 2.45) is 10.9 Å². The summed E-state index contributed by atoms with van der Waals surface area (Å²) in [7, 11) is -1.39. The number of unbranched alkanes of at least 4 members (excludes halogenated alkanes) is 3. The molecule has 0 aliphatic carbocycles. The minimum absolute atomic E-state index is 0.347. The first-order valence-electron chi connectivity index (χ1n) is 8.24. The summed E-state index contributed by atoms with van der Waals surface area (Å²) in [6.07, 6.45) is 7.46. The van der Waals surface area contributed by atoms with E-state index in [0.29, 0.717) is 12.5 Å². The first-order valence-corrected chi connectivity index (χ1v) is 10.1. The van der Waals surface area contributed by atoms with E-state index < -0.39 is 14.6 Å². The molecular formula is C16H35N3O2S. The summed E-state index contributed by atoms with van der Waals surface area (Å²) in [5, 5.41) is 6.33. The Morgan fingerprint density at radius 1 is 1.09 bits per heavy atom. The van der Waals surface area contributed by atoms with Gasteiger partial charge in [-0.2, -0.15) is 0 Å². The molecule has 6 heteroatoms. The molecule has 0 saturated heterocycles. The van der Waals surface area contributed by atoms with Gasteiger partial charge in [0, 0.05) is 26.4 Å². The molecule has 0 fully saturated rings. The van der Waals surface area contributed by atoms with Gasteiger partial charge < -0.3 is 10.6 Å². The predicted octanol–water partition coefficient (Wildman–Crippen LogP) is 2.58. The normalized spacial score (nSPS) is 13.5. The molecule has 0 aliphatic rings. The van der Waals surface area contributed by atoms with Crippen LogP contribution in [0.2, 0.25) is 0 Å². The Labute approximate surface area is 137 Å². The van der Waals surface area contributed by atoms with Crippen LogP contribution < -0.4 is 10.6 Å². The number of guanidine groups is 1. The third kappa shape index (κ3) is 9.28. The Bertz CT molecular complexity index is 429. The lowest BCUT2D eigenvalue weighted by Gasteiger charge is -2.24. The van der Waals surface area contributed by atoms with Gasteiger partial charge in [-0.1, -0.05) is 39.5 Å². The van der Waals surface area contributed by atoms with Crippen LogP contribution in [0, 0.1) is 5.92 Å². The largest absolute Gasteiger partial charge is 0.356 e. The van der Waals surface area contributed by atoms with E-state index in [0.717, 1.165) is 18.9 Å². The highest BCUT2D eigenvalue weighted by Crippen LogP contribution is 2.13. The monoisotopic (exact) mass is 333 g/mol. The molecule has 0 radical (unpaired) electrons. The summed E-state index contributed by atoms with van der Waals surface area (Å²) in [6, 6.07) is 0. The number of sulfone groups is 1. The number of nitrogens with zero attached hydrogens (tertiary/aromatic N) is 1. The molecule has 0 atom stereocenters. The Balaban J connectivity index is 3.91. The SMILES string of the molecule is CN=C(NCCCCCCC(C)C)NCC(C)(C)S(C)(=O)=O. The maximum absolute atomic E-state index is 11.7. The van der Waals surface area contributed by atoms with Gasteiger partial charge in [0.25, 0.3) is 0 Å². The zero-order chi connectivity index (χ0) is 17.2. The van der Waals surface area contributed by atoms with Gasteiger partial charge in [-0.3, -0.25) is 4.99 Å². The lowest BCUT2D eigenvalue weighted by molar-refractivity contribution is 0.518. The molecule has 0 aromatic rings. The molecule has 0 aromatic heterocycles. The first kappa shape index (κ1) is 21.2. The molecule has 22 heavy (non-hydrogen) atoms. The Morgan fingerprint density at radius 3 is 2.18 bits per heavy atom. The Hall–Kier alpha value is -0.780. The Kier molecular flexibility index (Phi) is 9.72. The summed E-state index contributed by atoms with van der Waals surface area (Å²) >= 11 is 0. The van der Waals surface area contributed by atoms with Crippen LogP contribution in [-0.4, -0.2) is 45.5 Å². The number of rotatable bonds is 10. The van der Waals surface area contributed by atoms with E-state index in [1.807, 2.05) is 0 Å². The standard InChI is InChI=1S/C16H35N3O2S/c1-14(2)11-9-7-8-10-12-18-15(17-5)19-13-16(3,4)22(6,20)21/h14H,7-13H2,1-6H3,(H2,17,18,19). The molecule has 0 aliphatic heterocycles. The van der Waals surface area contributed by atoms with Crippen LogP contribution in [0.25, 0.3) is 0 Å². The van der Waals surface area contributed by atoms with Crippen molar-refractivity contribution < 1.29 is 8.42 Å². The highest BCUT2D eigenvalue weighted by atomic mass is 32.2. The summed E-state index contributed by atoms with van der Waals surface area (Å²) < 4.78 is 22.5. The fraction of sp³-hybridized carbons (Fsp3) is 0.938. The lowest BCUT2D eigenvalue weighted by atomic mass is 10.0. The second-order valence-electron chi connectivity index (χ2n) is 6.98. The van der Waals surface area contributed by atoms with Crippen molar-refractivity contribution in [1.29, 1.82) is 0 Å². The van der Waals surface area contributed by atoms with Gasteiger partial charge in [-0.15, -0.1) is 0 Å². The average Bonchev–Trinajstić information content (AvgIpc) is 2.39. The van der Waals surface area contributed by atoms with Crippen LogP contribution in [0.3, 0.4) is 0 Å². The summed E-state index contributed by atoms with van der Waals surface area (Å²) in [4.78, 5) is 4.13. The molecule has 0 spiro atoms. The van der Waals surface area contributed by atoms with Crippen LogP contribution in [0.4, 0.5) is 0 Å². The van der Waals surface area contributed by atoms with Crippen molar-refractivity contribution in [3.63, 3.8) is 0 Å². The van der Waals surface area contributed by atoms with Gasteiger partial charge >= 0.3 is 0 Å². The van der Waals surface area contributed by atoms with E-state index in [2.05, 4.69) is 29.5 Å². The molecule has 132 valence electrons. The third-order valence-corrected chi connectivity index (χ3v) is 6.06. The quantitative estimate of drug-likeness (QED) is 0.366. The van der Waals surface area contributed by atoms with Gasteiger partial charge in [0.1, 0.15) is 0 Å². The van der Waals surface area contributed by atoms with Gasteiger partial charge in [0.15, 0.2) is 15.8 Å². The van der Waals surface area contributed by atoms with Crippen LogP contribution >= 0.6 is 0 Å². The smallest absolute Gasteiger partial charge is 0.191 e. The molecule has 0 bridgehead atoms. The minimum atomic E-state index is -3.09. The molecule has 0 saturated carbocycles. The van der Waals surface area contributed by atoms with Crippen molar-refractivity contribution >= 4 is 15.8 Å². The van der Waals surface area contributed by atoms with E-state index in [9.17, 15) is 8.42 Å². The zero-order valence-corrected chi connectivity index (χ0v) is 16.0. The van der Waals surface area contributed by atoms with E-state index >= 15 is 0 Å². The molecule has 0 amide bonds. The molecule has 5 nitrogen and oxygen atoms in total. The summed E-state index contributed by atoms with van der Waals surface area (Å²) in [6.45, 7) is 9.17. The van der Waals surface area contributed by atoms with E-state index in [4.69, 9.17) is 0 Å². The number of hydrogen-bond acceptors (Lipinski definition) is 3. The topological polar surface area (TPSA) is 70.6 Å². The van der Waals surface area contributed by atoms with E-state index in [1.54, 1.807) is 20.9 Å².